The van der Waals surface area contributed by atoms with E-state index in [0.29, 0.717) is 0 Å². The van der Waals surface area contributed by atoms with Crippen LogP contribution in [-0.2, 0) is 29.3 Å². The van der Waals surface area contributed by atoms with E-state index in [9.17, 15) is 45.2 Å². The van der Waals surface area contributed by atoms with E-state index in [-0.39, 0.29) is 5.56 Å². The van der Waals surface area contributed by atoms with E-state index in [1.165, 1.54) is 12.1 Å². The first-order valence-electron chi connectivity index (χ1n) is 13.0. The van der Waals surface area contributed by atoms with Gasteiger partial charge in [0.1, 0.15) is 60.3 Å². The van der Waals surface area contributed by atoms with Crippen LogP contribution in [0.15, 0.2) is 24.3 Å². The standard InChI is InChI=1S/C24H38FN3O13/c25-9-3-1-8(2-4-9)24(7-31)20(35)17(34)14(28)23(41-24)40-19-11(6-30)38-22(13(27)16(19)33)39-18-10(5-29)37-21(36)12(26)15(18)32/h1-4,10-23,29-36H,5-7,26-28H2/t10-,11-,12-,13-,14-,15-,16-,17-,18?,19?,20+,21-,22+,23+,24+/m1/s1. The molecule has 3 fully saturated rings. The zero-order valence-corrected chi connectivity index (χ0v) is 21.7. The predicted molar refractivity (Wildman–Crippen MR) is 131 cm³/mol. The molecule has 16 nitrogen and oxygen atoms in total. The van der Waals surface area contributed by atoms with Crippen LogP contribution in [0.2, 0.25) is 0 Å². The Bertz CT molecular complexity index is 996. The molecule has 0 saturated carbocycles. The van der Waals surface area contributed by atoms with E-state index in [1.807, 2.05) is 0 Å². The summed E-state index contributed by atoms with van der Waals surface area (Å²) in [4.78, 5) is 0. The molecule has 3 saturated heterocycles. The van der Waals surface area contributed by atoms with Gasteiger partial charge in [-0.25, -0.2) is 4.39 Å². The summed E-state index contributed by atoms with van der Waals surface area (Å²) in [5.74, 6) is -0.605. The third-order valence-electron chi connectivity index (χ3n) is 7.81. The lowest BCUT2D eigenvalue weighted by molar-refractivity contribution is -0.363. The monoisotopic (exact) mass is 595 g/mol. The summed E-state index contributed by atoms with van der Waals surface area (Å²) in [5.41, 5.74) is 16.0. The normalized spacial score (nSPS) is 47.3. The second-order valence-corrected chi connectivity index (χ2v) is 10.4. The van der Waals surface area contributed by atoms with E-state index in [0.717, 1.165) is 12.1 Å². The van der Waals surface area contributed by atoms with Crippen LogP contribution in [-0.4, -0.2) is 147 Å². The average Bonchev–Trinajstić information content (AvgIpc) is 2.97. The number of halogens is 1. The van der Waals surface area contributed by atoms with Crippen molar-refractivity contribution in [3.05, 3.63) is 35.6 Å². The van der Waals surface area contributed by atoms with Gasteiger partial charge in [0.05, 0.1) is 37.9 Å². The minimum absolute atomic E-state index is 0.0905. The summed E-state index contributed by atoms with van der Waals surface area (Å²) in [6.45, 7) is -2.34. The molecule has 15 atom stereocenters. The Hall–Kier alpha value is -1.49. The van der Waals surface area contributed by atoms with E-state index < -0.39 is 117 Å². The number of nitrogens with two attached hydrogens (primary N) is 3. The fourth-order valence-electron chi connectivity index (χ4n) is 5.27. The molecule has 0 radical (unpaired) electrons. The first-order chi connectivity index (χ1) is 19.4. The smallest absolute Gasteiger partial charge is 0.177 e. The van der Waals surface area contributed by atoms with Crippen LogP contribution in [0, 0.1) is 5.82 Å². The van der Waals surface area contributed by atoms with Crippen LogP contribution in [0.4, 0.5) is 4.39 Å². The highest BCUT2D eigenvalue weighted by molar-refractivity contribution is 5.27. The maximum absolute atomic E-state index is 13.5. The maximum Gasteiger partial charge on any atom is 0.177 e. The van der Waals surface area contributed by atoms with Crippen LogP contribution in [0.5, 0.6) is 0 Å². The number of benzene rings is 1. The molecule has 3 heterocycles. The topological polar surface area (TPSA) is 286 Å². The third kappa shape index (κ3) is 6.00. The van der Waals surface area contributed by atoms with Crippen molar-refractivity contribution in [3.63, 3.8) is 0 Å². The van der Waals surface area contributed by atoms with E-state index in [2.05, 4.69) is 0 Å². The molecule has 0 bridgehead atoms. The summed E-state index contributed by atoms with van der Waals surface area (Å²) in [6, 6.07) is 0.427. The van der Waals surface area contributed by atoms with Gasteiger partial charge in [0.15, 0.2) is 18.9 Å². The van der Waals surface area contributed by atoms with E-state index in [4.69, 9.17) is 40.9 Å². The highest BCUT2D eigenvalue weighted by atomic mass is 19.1. The number of ether oxygens (including phenoxy) is 5. The quantitative estimate of drug-likeness (QED) is 0.133. The molecule has 1 aromatic carbocycles. The molecule has 4 rings (SSSR count). The number of hydrogen-bond donors (Lipinski definition) is 11. The highest BCUT2D eigenvalue weighted by Crippen LogP contribution is 2.39. The first kappa shape index (κ1) is 32.4. The van der Waals surface area contributed by atoms with Crippen molar-refractivity contribution in [2.75, 3.05) is 19.8 Å². The minimum Gasteiger partial charge on any atom is -0.394 e. The second-order valence-electron chi connectivity index (χ2n) is 10.4. The molecule has 0 aliphatic carbocycles. The molecule has 1 aromatic rings. The maximum atomic E-state index is 13.5. The molecule has 17 heteroatoms. The fraction of sp³-hybridized carbons (Fsp3) is 0.750. The minimum atomic E-state index is -2.02. The summed E-state index contributed by atoms with van der Waals surface area (Å²) in [7, 11) is 0. The van der Waals surface area contributed by atoms with Gasteiger partial charge >= 0.3 is 0 Å². The van der Waals surface area contributed by atoms with Crippen molar-refractivity contribution in [1.82, 2.24) is 0 Å². The zero-order valence-electron chi connectivity index (χ0n) is 21.7. The Morgan fingerprint density at radius 1 is 0.732 bits per heavy atom. The molecule has 0 amide bonds. The average molecular weight is 596 g/mol. The Morgan fingerprint density at radius 3 is 1.80 bits per heavy atom. The summed E-state index contributed by atoms with van der Waals surface area (Å²) in [6.07, 6.45) is -16.9. The van der Waals surface area contributed by atoms with E-state index >= 15 is 0 Å². The van der Waals surface area contributed by atoms with Crippen LogP contribution < -0.4 is 17.2 Å². The summed E-state index contributed by atoms with van der Waals surface area (Å²) < 4.78 is 41.8. The predicted octanol–water partition coefficient (Wildman–Crippen LogP) is -6.01. The Morgan fingerprint density at radius 2 is 1.24 bits per heavy atom. The lowest BCUT2D eigenvalue weighted by Gasteiger charge is -2.51. The van der Waals surface area contributed by atoms with Crippen molar-refractivity contribution in [1.29, 1.82) is 0 Å². The number of hydrogen-bond acceptors (Lipinski definition) is 16. The largest absolute Gasteiger partial charge is 0.394 e. The number of aliphatic hydroxyl groups excluding tert-OH is 8. The molecule has 0 spiro atoms. The van der Waals surface area contributed by atoms with Crippen LogP contribution in [0.3, 0.4) is 0 Å². The van der Waals surface area contributed by atoms with Crippen molar-refractivity contribution in [2.24, 2.45) is 17.2 Å². The summed E-state index contributed by atoms with van der Waals surface area (Å²) >= 11 is 0. The molecule has 3 aliphatic heterocycles. The second kappa shape index (κ2) is 13.0. The van der Waals surface area contributed by atoms with Crippen molar-refractivity contribution in [3.8, 4) is 0 Å². The van der Waals surface area contributed by atoms with E-state index in [1.54, 1.807) is 0 Å². The van der Waals surface area contributed by atoms with Crippen molar-refractivity contribution >= 4 is 0 Å². The fourth-order valence-corrected chi connectivity index (χ4v) is 5.27. The van der Waals surface area contributed by atoms with Gasteiger partial charge < -0.3 is 81.7 Å². The Balaban J connectivity index is 1.54. The molecule has 0 aromatic heterocycles. The van der Waals surface area contributed by atoms with Crippen molar-refractivity contribution < 1.29 is 68.9 Å². The summed E-state index contributed by atoms with van der Waals surface area (Å²) in [5, 5.41) is 82.8. The van der Waals surface area contributed by atoms with Gasteiger partial charge in [-0.05, 0) is 17.7 Å². The lowest BCUT2D eigenvalue weighted by atomic mass is 9.81. The van der Waals surface area contributed by atoms with Crippen LogP contribution in [0.1, 0.15) is 5.56 Å². The highest BCUT2D eigenvalue weighted by Gasteiger charge is 2.56. The van der Waals surface area contributed by atoms with Gasteiger partial charge in [-0.15, -0.1) is 0 Å². The third-order valence-corrected chi connectivity index (χ3v) is 7.81. The molecule has 14 N–H and O–H groups in total. The molecule has 41 heavy (non-hydrogen) atoms. The molecule has 234 valence electrons. The van der Waals surface area contributed by atoms with Gasteiger partial charge in [0, 0.05) is 0 Å². The van der Waals surface area contributed by atoms with Gasteiger partial charge in [-0.1, -0.05) is 12.1 Å². The van der Waals surface area contributed by atoms with Crippen molar-refractivity contribution in [2.45, 2.75) is 91.4 Å². The number of rotatable bonds is 8. The lowest BCUT2D eigenvalue weighted by Crippen LogP contribution is -2.70. The SMILES string of the molecule is N[C@H]1[C@@H](OC2[C@@H](CO)O[C@@H](OC3[C@@H](CO)O[C@@H](O)[C@H](N)[C@H]3O)[C@H](N)[C@H]2O)O[C@@](CO)(c2ccc(F)cc2)[C@@H](O)[C@@H]1O. The zero-order chi connectivity index (χ0) is 30.2. The van der Waals surface area contributed by atoms with Gasteiger partial charge in [0.2, 0.25) is 0 Å². The van der Waals surface area contributed by atoms with Gasteiger partial charge in [-0.2, -0.15) is 0 Å². The van der Waals surface area contributed by atoms with Crippen LogP contribution >= 0.6 is 0 Å². The molecular weight excluding hydrogens is 557 g/mol. The molecule has 3 aliphatic rings. The first-order valence-corrected chi connectivity index (χ1v) is 13.0. The Labute approximate surface area is 233 Å². The number of aliphatic hydroxyl groups is 8. The molecular formula is C24H38FN3O13. The van der Waals surface area contributed by atoms with Gasteiger partial charge in [0.25, 0.3) is 0 Å². The van der Waals surface area contributed by atoms with Gasteiger partial charge in [-0.3, -0.25) is 0 Å². The molecule has 2 unspecified atom stereocenters. The van der Waals surface area contributed by atoms with Crippen LogP contribution in [0.25, 0.3) is 0 Å². The Kier molecular flexibility index (Phi) is 10.3.